The molecule has 1 saturated carbocycles. The molecule has 1 unspecified atom stereocenters. The molecule has 1 saturated heterocycles. The number of nitrogens with zero attached hydrogens (tertiary/aromatic N) is 1. The Labute approximate surface area is 120 Å². The van der Waals surface area contributed by atoms with Crippen molar-refractivity contribution in [2.45, 2.75) is 39.0 Å². The SMILES string of the molecule is CCS(=O)CCN1C(=O)NC(=O)C2(CCCCC2)C1=O. The molecule has 4 amide bonds. The number of hydrogen-bond donors (Lipinski definition) is 1. The lowest BCUT2D eigenvalue weighted by Crippen LogP contribution is -2.64. The average Bonchev–Trinajstić information content (AvgIpc) is 2.46. The largest absolute Gasteiger partial charge is 0.330 e. The van der Waals surface area contributed by atoms with E-state index >= 15 is 0 Å². The maximum atomic E-state index is 12.6. The monoisotopic (exact) mass is 300 g/mol. The van der Waals surface area contributed by atoms with Crippen LogP contribution < -0.4 is 5.32 Å². The highest BCUT2D eigenvalue weighted by Crippen LogP contribution is 2.40. The van der Waals surface area contributed by atoms with E-state index in [0.29, 0.717) is 18.6 Å². The van der Waals surface area contributed by atoms with Crippen LogP contribution in [-0.2, 0) is 20.4 Å². The van der Waals surface area contributed by atoms with Crippen molar-refractivity contribution in [2.75, 3.05) is 18.1 Å². The summed E-state index contributed by atoms with van der Waals surface area (Å²) in [6.07, 6.45) is 3.65. The molecule has 2 rings (SSSR count). The van der Waals surface area contributed by atoms with Gasteiger partial charge in [-0.05, 0) is 12.8 Å². The summed E-state index contributed by atoms with van der Waals surface area (Å²) in [7, 11) is -1.04. The van der Waals surface area contributed by atoms with E-state index in [2.05, 4.69) is 5.32 Å². The zero-order valence-electron chi connectivity index (χ0n) is 11.6. The van der Waals surface area contributed by atoms with Gasteiger partial charge in [-0.3, -0.25) is 24.0 Å². The minimum atomic E-state index is -1.07. The number of rotatable bonds is 4. The van der Waals surface area contributed by atoms with E-state index < -0.39 is 34.1 Å². The van der Waals surface area contributed by atoms with Crippen LogP contribution in [0.5, 0.6) is 0 Å². The Morgan fingerprint density at radius 2 is 1.85 bits per heavy atom. The molecule has 0 aromatic carbocycles. The third-order valence-electron chi connectivity index (χ3n) is 4.13. The van der Waals surface area contributed by atoms with Crippen LogP contribution in [0.3, 0.4) is 0 Å². The van der Waals surface area contributed by atoms with Crippen molar-refractivity contribution in [3.05, 3.63) is 0 Å². The third kappa shape index (κ3) is 2.63. The molecule has 1 spiro atoms. The van der Waals surface area contributed by atoms with Crippen LogP contribution in [-0.4, -0.2) is 45.0 Å². The second-order valence-electron chi connectivity index (χ2n) is 5.29. The van der Waals surface area contributed by atoms with Gasteiger partial charge in [-0.25, -0.2) is 4.79 Å². The molecule has 2 fully saturated rings. The Morgan fingerprint density at radius 1 is 1.20 bits per heavy atom. The summed E-state index contributed by atoms with van der Waals surface area (Å²) >= 11 is 0. The predicted molar refractivity (Wildman–Crippen MR) is 74.3 cm³/mol. The van der Waals surface area contributed by atoms with Gasteiger partial charge in [0.2, 0.25) is 11.8 Å². The lowest BCUT2D eigenvalue weighted by atomic mass is 9.71. The molecule has 2 aliphatic rings. The number of barbiturate groups is 1. The highest BCUT2D eigenvalue weighted by atomic mass is 32.2. The number of nitrogens with one attached hydrogen (secondary N) is 1. The van der Waals surface area contributed by atoms with Gasteiger partial charge < -0.3 is 0 Å². The number of hydrogen-bond acceptors (Lipinski definition) is 4. The fraction of sp³-hybridized carbons (Fsp3) is 0.769. The van der Waals surface area contributed by atoms with Gasteiger partial charge in [0, 0.05) is 28.9 Å². The van der Waals surface area contributed by atoms with Crippen molar-refractivity contribution in [1.82, 2.24) is 10.2 Å². The Morgan fingerprint density at radius 3 is 2.45 bits per heavy atom. The Balaban J connectivity index is 2.16. The van der Waals surface area contributed by atoms with Gasteiger partial charge in [0.25, 0.3) is 0 Å². The fourth-order valence-electron chi connectivity index (χ4n) is 2.87. The highest BCUT2D eigenvalue weighted by molar-refractivity contribution is 7.84. The van der Waals surface area contributed by atoms with Gasteiger partial charge in [0.05, 0.1) is 0 Å². The number of carbonyl (C=O) groups excluding carboxylic acids is 3. The van der Waals surface area contributed by atoms with Gasteiger partial charge in [0.15, 0.2) is 0 Å². The molecule has 7 heteroatoms. The molecule has 1 N–H and O–H groups in total. The summed E-state index contributed by atoms with van der Waals surface area (Å²) in [5.41, 5.74) is -1.07. The normalized spacial score (nSPS) is 23.9. The Bertz CT molecular complexity index is 457. The summed E-state index contributed by atoms with van der Waals surface area (Å²) in [5.74, 6) is -0.104. The Hall–Kier alpha value is -1.24. The molecular weight excluding hydrogens is 280 g/mol. The molecule has 1 aliphatic heterocycles. The molecule has 6 nitrogen and oxygen atoms in total. The highest BCUT2D eigenvalue weighted by Gasteiger charge is 2.53. The standard InChI is InChI=1S/C13H20N2O4S/c1-2-20(19)9-8-15-11(17)13(6-4-3-5-7-13)10(16)14-12(15)18/h2-9H2,1H3,(H,14,16,18). The minimum absolute atomic E-state index is 0.111. The molecule has 1 heterocycles. The van der Waals surface area contributed by atoms with Crippen LogP contribution in [0, 0.1) is 5.41 Å². The van der Waals surface area contributed by atoms with Crippen LogP contribution in [0.4, 0.5) is 4.79 Å². The number of amides is 4. The molecule has 112 valence electrons. The zero-order valence-corrected chi connectivity index (χ0v) is 12.5. The van der Waals surface area contributed by atoms with Crippen LogP contribution in [0.2, 0.25) is 0 Å². The van der Waals surface area contributed by atoms with Crippen LogP contribution in [0.1, 0.15) is 39.0 Å². The predicted octanol–water partition coefficient (Wildman–Crippen LogP) is 0.784. The molecule has 20 heavy (non-hydrogen) atoms. The lowest BCUT2D eigenvalue weighted by molar-refractivity contribution is -0.153. The molecule has 1 aliphatic carbocycles. The van der Waals surface area contributed by atoms with Crippen molar-refractivity contribution >= 4 is 28.6 Å². The van der Waals surface area contributed by atoms with Crippen LogP contribution in [0.25, 0.3) is 0 Å². The first-order chi connectivity index (χ1) is 9.51. The topological polar surface area (TPSA) is 83.6 Å². The van der Waals surface area contributed by atoms with E-state index in [-0.39, 0.29) is 12.3 Å². The summed E-state index contributed by atoms with van der Waals surface area (Å²) < 4.78 is 11.5. The molecule has 0 bridgehead atoms. The Kier molecular flexibility index (Phi) is 4.57. The van der Waals surface area contributed by atoms with E-state index in [9.17, 15) is 18.6 Å². The molecule has 0 aromatic rings. The van der Waals surface area contributed by atoms with Gasteiger partial charge in [0.1, 0.15) is 5.41 Å². The van der Waals surface area contributed by atoms with E-state index in [1.54, 1.807) is 6.92 Å². The molecule has 1 atom stereocenters. The number of carbonyl (C=O) groups is 3. The van der Waals surface area contributed by atoms with Gasteiger partial charge in [-0.2, -0.15) is 0 Å². The van der Waals surface area contributed by atoms with Crippen LogP contribution >= 0.6 is 0 Å². The fourth-order valence-corrected chi connectivity index (χ4v) is 3.54. The van der Waals surface area contributed by atoms with Gasteiger partial charge in [-0.1, -0.05) is 26.2 Å². The van der Waals surface area contributed by atoms with Gasteiger partial charge in [-0.15, -0.1) is 0 Å². The van der Waals surface area contributed by atoms with Gasteiger partial charge >= 0.3 is 6.03 Å². The summed E-state index contributed by atoms with van der Waals surface area (Å²) in [4.78, 5) is 37.5. The number of imide groups is 2. The molecular formula is C13H20N2O4S. The third-order valence-corrected chi connectivity index (χ3v) is 5.41. The van der Waals surface area contributed by atoms with Crippen molar-refractivity contribution in [1.29, 1.82) is 0 Å². The summed E-state index contributed by atoms with van der Waals surface area (Å²) in [5, 5.41) is 2.29. The second-order valence-corrected chi connectivity index (χ2v) is 7.16. The zero-order chi connectivity index (χ0) is 14.8. The summed E-state index contributed by atoms with van der Waals surface area (Å²) in [6.45, 7) is 1.90. The van der Waals surface area contributed by atoms with Crippen molar-refractivity contribution in [3.63, 3.8) is 0 Å². The summed E-state index contributed by atoms with van der Waals surface area (Å²) in [6, 6.07) is -0.677. The molecule has 0 aromatic heterocycles. The first-order valence-corrected chi connectivity index (χ1v) is 8.52. The lowest BCUT2D eigenvalue weighted by Gasteiger charge is -2.41. The average molecular weight is 300 g/mol. The number of urea groups is 1. The van der Waals surface area contributed by atoms with Crippen molar-refractivity contribution in [2.24, 2.45) is 5.41 Å². The first kappa shape index (κ1) is 15.2. The smallest absolute Gasteiger partial charge is 0.277 e. The maximum absolute atomic E-state index is 12.6. The minimum Gasteiger partial charge on any atom is -0.277 e. The van der Waals surface area contributed by atoms with E-state index in [1.807, 2.05) is 0 Å². The van der Waals surface area contributed by atoms with Crippen molar-refractivity contribution in [3.8, 4) is 0 Å². The maximum Gasteiger partial charge on any atom is 0.330 e. The van der Waals surface area contributed by atoms with E-state index in [0.717, 1.165) is 24.2 Å². The van der Waals surface area contributed by atoms with Crippen molar-refractivity contribution < 1.29 is 18.6 Å². The van der Waals surface area contributed by atoms with E-state index in [1.165, 1.54) is 0 Å². The van der Waals surface area contributed by atoms with E-state index in [4.69, 9.17) is 0 Å². The quantitative estimate of drug-likeness (QED) is 0.778. The second kappa shape index (κ2) is 6.03. The van der Waals surface area contributed by atoms with Crippen LogP contribution in [0.15, 0.2) is 0 Å². The molecule has 0 radical (unpaired) electrons. The first-order valence-electron chi connectivity index (χ1n) is 7.03.